The first-order valence-electron chi connectivity index (χ1n) is 5.33. The van der Waals surface area contributed by atoms with Crippen molar-refractivity contribution in [2.75, 3.05) is 6.26 Å². The number of aromatic nitrogens is 4. The second-order valence-corrected chi connectivity index (χ2v) is 4.60. The summed E-state index contributed by atoms with van der Waals surface area (Å²) < 4.78 is 1.48. The first-order chi connectivity index (χ1) is 9.04. The van der Waals surface area contributed by atoms with Gasteiger partial charge in [0, 0.05) is 0 Å². The predicted molar refractivity (Wildman–Crippen MR) is 66.8 cm³/mol. The van der Waals surface area contributed by atoms with Crippen molar-refractivity contribution in [1.29, 1.82) is 0 Å². The summed E-state index contributed by atoms with van der Waals surface area (Å²) in [5, 5.41) is 28.2. The van der Waals surface area contributed by atoms with Crippen LogP contribution >= 0.6 is 11.8 Å². The number of hydrogen-bond donors (Lipinski definition) is 3. The van der Waals surface area contributed by atoms with Gasteiger partial charge in [-0.1, -0.05) is 0 Å². The van der Waals surface area contributed by atoms with E-state index >= 15 is 0 Å². The lowest BCUT2D eigenvalue weighted by molar-refractivity contribution is -0.153. The van der Waals surface area contributed by atoms with Crippen LogP contribution in [0.15, 0.2) is 17.7 Å². The van der Waals surface area contributed by atoms with Crippen LogP contribution < -0.4 is 0 Å². The van der Waals surface area contributed by atoms with E-state index in [0.29, 0.717) is 16.2 Å². The Bertz CT molecular complexity index is 602. The van der Waals surface area contributed by atoms with E-state index in [1.807, 2.05) is 6.26 Å². The molecule has 0 spiro atoms. The zero-order chi connectivity index (χ0) is 14.0. The van der Waals surface area contributed by atoms with Crippen molar-refractivity contribution in [2.24, 2.45) is 0 Å². The fraction of sp³-hybridized carbons (Fsp3) is 0.400. The molecule has 3 N–H and O–H groups in total. The zero-order valence-electron chi connectivity index (χ0n) is 9.96. The van der Waals surface area contributed by atoms with Gasteiger partial charge < -0.3 is 19.9 Å². The molecule has 0 fully saturated rings. The number of hydrogen-bond acceptors (Lipinski definition) is 7. The summed E-state index contributed by atoms with van der Waals surface area (Å²) in [6, 6.07) is 0. The van der Waals surface area contributed by atoms with Gasteiger partial charge in [0.05, 0.1) is 12.9 Å². The lowest BCUT2D eigenvalue weighted by atomic mass is 10.2. The van der Waals surface area contributed by atoms with Gasteiger partial charge in [0.25, 0.3) is 0 Å². The minimum atomic E-state index is -1.85. The van der Waals surface area contributed by atoms with Gasteiger partial charge in [-0.15, -0.1) is 11.8 Å². The molecule has 8 nitrogen and oxygen atoms in total. The topological polar surface area (TPSA) is 121 Å². The Morgan fingerprint density at radius 1 is 1.42 bits per heavy atom. The second kappa shape index (κ2) is 5.51. The van der Waals surface area contributed by atoms with Crippen molar-refractivity contribution in [3.05, 3.63) is 12.7 Å². The summed E-state index contributed by atoms with van der Waals surface area (Å²) in [5.41, 5.74) is 1.06. The van der Waals surface area contributed by atoms with Gasteiger partial charge in [-0.3, -0.25) is 0 Å². The van der Waals surface area contributed by atoms with Gasteiger partial charge in [-0.05, 0) is 6.26 Å². The van der Waals surface area contributed by atoms with E-state index in [0.717, 1.165) is 0 Å². The van der Waals surface area contributed by atoms with E-state index in [2.05, 4.69) is 15.0 Å². The van der Waals surface area contributed by atoms with E-state index in [9.17, 15) is 15.0 Å². The minimum Gasteiger partial charge on any atom is -0.479 e. The highest BCUT2D eigenvalue weighted by Crippen LogP contribution is 2.20. The SMILES string of the molecule is CSc1ncnc2c1ncn2C[C@@H](O)[C@@H](O)C(=O)O. The molecule has 2 rings (SSSR count). The van der Waals surface area contributed by atoms with Crippen LogP contribution in [0.25, 0.3) is 11.2 Å². The predicted octanol–water partition coefficient (Wildman–Crippen LogP) is -0.645. The summed E-state index contributed by atoms with van der Waals surface area (Å²) in [5.74, 6) is -1.48. The summed E-state index contributed by atoms with van der Waals surface area (Å²) >= 11 is 1.41. The quantitative estimate of drug-likeness (QED) is 0.489. The van der Waals surface area contributed by atoms with Gasteiger partial charge >= 0.3 is 5.97 Å². The molecule has 0 saturated carbocycles. The number of carboxylic acid groups (broad SMARTS) is 1. The number of carbonyl (C=O) groups is 1. The Morgan fingerprint density at radius 3 is 2.79 bits per heavy atom. The fourth-order valence-electron chi connectivity index (χ4n) is 1.61. The lowest BCUT2D eigenvalue weighted by Crippen LogP contribution is -2.36. The third kappa shape index (κ3) is 2.67. The van der Waals surface area contributed by atoms with Crippen LogP contribution in [0.4, 0.5) is 0 Å². The third-order valence-corrected chi connectivity index (χ3v) is 3.25. The molecule has 102 valence electrons. The first kappa shape index (κ1) is 13.7. The molecular weight excluding hydrogens is 272 g/mol. The summed E-state index contributed by atoms with van der Waals surface area (Å²) in [6.45, 7) is -0.116. The Balaban J connectivity index is 2.29. The van der Waals surface area contributed by atoms with Crippen LogP contribution in [0.5, 0.6) is 0 Å². The largest absolute Gasteiger partial charge is 0.479 e. The average molecular weight is 284 g/mol. The van der Waals surface area contributed by atoms with Crippen molar-refractivity contribution in [3.63, 3.8) is 0 Å². The Labute approximate surface area is 112 Å². The molecule has 2 heterocycles. The van der Waals surface area contributed by atoms with Crippen LogP contribution in [0.3, 0.4) is 0 Å². The lowest BCUT2D eigenvalue weighted by Gasteiger charge is -2.14. The molecule has 0 radical (unpaired) electrons. The summed E-state index contributed by atoms with van der Waals surface area (Å²) in [6.07, 6.45) is 1.36. The molecule has 0 amide bonds. The Kier molecular flexibility index (Phi) is 3.98. The maximum Gasteiger partial charge on any atom is 0.335 e. The monoisotopic (exact) mass is 284 g/mol. The van der Waals surface area contributed by atoms with E-state index in [1.165, 1.54) is 29.0 Å². The van der Waals surface area contributed by atoms with E-state index in [1.54, 1.807) is 0 Å². The maximum atomic E-state index is 10.6. The number of rotatable bonds is 5. The van der Waals surface area contributed by atoms with Crippen LogP contribution in [0, 0.1) is 0 Å². The number of nitrogens with zero attached hydrogens (tertiary/aromatic N) is 4. The zero-order valence-corrected chi connectivity index (χ0v) is 10.8. The number of aliphatic hydroxyl groups excluding tert-OH is 2. The van der Waals surface area contributed by atoms with Crippen LogP contribution in [0.2, 0.25) is 0 Å². The van der Waals surface area contributed by atoms with Crippen molar-refractivity contribution >= 4 is 28.9 Å². The highest BCUT2D eigenvalue weighted by atomic mass is 32.2. The molecule has 2 aromatic rings. The molecule has 2 aromatic heterocycles. The average Bonchev–Trinajstić information content (AvgIpc) is 2.80. The number of imidazole rings is 1. The van der Waals surface area contributed by atoms with Gasteiger partial charge in [-0.25, -0.2) is 19.7 Å². The van der Waals surface area contributed by atoms with Crippen molar-refractivity contribution in [2.45, 2.75) is 23.8 Å². The molecule has 0 aliphatic rings. The van der Waals surface area contributed by atoms with Crippen molar-refractivity contribution in [3.8, 4) is 0 Å². The van der Waals surface area contributed by atoms with Crippen molar-refractivity contribution < 1.29 is 20.1 Å². The van der Waals surface area contributed by atoms with Gasteiger partial charge in [-0.2, -0.15) is 0 Å². The van der Waals surface area contributed by atoms with Gasteiger partial charge in [0.1, 0.15) is 23.0 Å². The van der Waals surface area contributed by atoms with E-state index in [4.69, 9.17) is 5.11 Å². The number of carboxylic acids is 1. The Hall–Kier alpha value is -1.71. The molecule has 0 unspecified atom stereocenters. The number of aliphatic hydroxyl groups is 2. The number of thioether (sulfide) groups is 1. The highest BCUT2D eigenvalue weighted by Gasteiger charge is 2.24. The van der Waals surface area contributed by atoms with Crippen LogP contribution in [0.1, 0.15) is 0 Å². The summed E-state index contributed by atoms with van der Waals surface area (Å²) in [4.78, 5) is 22.8. The molecule has 0 saturated heterocycles. The number of fused-ring (bicyclic) bond motifs is 1. The molecule has 19 heavy (non-hydrogen) atoms. The van der Waals surface area contributed by atoms with E-state index in [-0.39, 0.29) is 6.54 Å². The number of aliphatic carboxylic acids is 1. The maximum absolute atomic E-state index is 10.6. The normalized spacial score (nSPS) is 14.5. The highest BCUT2D eigenvalue weighted by molar-refractivity contribution is 7.98. The standard InChI is InChI=1S/C10H12N4O4S/c1-19-9-6-8(11-3-12-9)14(4-13-6)2-5(15)7(16)10(17)18/h3-5,7,15-16H,2H2,1H3,(H,17,18)/t5-,7-/m1/s1. The van der Waals surface area contributed by atoms with Gasteiger partial charge in [0.15, 0.2) is 11.8 Å². The smallest absolute Gasteiger partial charge is 0.335 e. The van der Waals surface area contributed by atoms with Crippen molar-refractivity contribution in [1.82, 2.24) is 19.5 Å². The molecule has 0 aliphatic heterocycles. The van der Waals surface area contributed by atoms with E-state index < -0.39 is 18.2 Å². The molecule has 2 atom stereocenters. The first-order valence-corrected chi connectivity index (χ1v) is 6.55. The fourth-order valence-corrected chi connectivity index (χ4v) is 2.10. The molecule has 0 aromatic carbocycles. The van der Waals surface area contributed by atoms with Gasteiger partial charge in [0.2, 0.25) is 0 Å². The Morgan fingerprint density at radius 2 is 2.16 bits per heavy atom. The third-order valence-electron chi connectivity index (χ3n) is 2.56. The van der Waals surface area contributed by atoms with Crippen LogP contribution in [-0.2, 0) is 11.3 Å². The molecule has 9 heteroatoms. The minimum absolute atomic E-state index is 0.116. The van der Waals surface area contributed by atoms with Crippen LogP contribution in [-0.4, -0.2) is 59.3 Å². The summed E-state index contributed by atoms with van der Waals surface area (Å²) in [7, 11) is 0. The molecular formula is C10H12N4O4S. The molecule has 0 bridgehead atoms. The molecule has 0 aliphatic carbocycles. The second-order valence-electron chi connectivity index (χ2n) is 3.80.